The molecule has 1 N–H and O–H groups in total. The SMILES string of the molecule is N#CC(=N)c1ccco1. The van der Waals surface area contributed by atoms with E-state index in [4.69, 9.17) is 15.1 Å². The number of hydrogen-bond donors (Lipinski definition) is 1. The summed E-state index contributed by atoms with van der Waals surface area (Å²) in [5, 5.41) is 15.1. The van der Waals surface area contributed by atoms with Crippen LogP contribution >= 0.6 is 0 Å². The molecule has 3 nitrogen and oxygen atoms in total. The zero-order valence-electron chi connectivity index (χ0n) is 4.59. The number of nitrogens with zero attached hydrogens (tertiary/aromatic N) is 1. The van der Waals surface area contributed by atoms with Crippen LogP contribution in [0.25, 0.3) is 0 Å². The molecule has 44 valence electrons. The van der Waals surface area contributed by atoms with E-state index in [1.54, 1.807) is 18.2 Å². The van der Waals surface area contributed by atoms with E-state index in [2.05, 4.69) is 0 Å². The predicted molar refractivity (Wildman–Crippen MR) is 31.1 cm³/mol. The van der Waals surface area contributed by atoms with Gasteiger partial charge in [0.05, 0.1) is 6.26 Å². The molecule has 0 aromatic carbocycles. The minimum absolute atomic E-state index is 0.139. The smallest absolute Gasteiger partial charge is 0.175 e. The highest BCUT2D eigenvalue weighted by Crippen LogP contribution is 1.98. The Balaban J connectivity index is 2.93. The first-order chi connectivity index (χ1) is 4.34. The van der Waals surface area contributed by atoms with Crippen LogP contribution in [0.3, 0.4) is 0 Å². The fourth-order valence-electron chi connectivity index (χ4n) is 0.476. The van der Waals surface area contributed by atoms with Gasteiger partial charge >= 0.3 is 0 Å². The fraction of sp³-hybridized carbons (Fsp3) is 0. The van der Waals surface area contributed by atoms with Gasteiger partial charge in [0.15, 0.2) is 11.5 Å². The molecule has 0 aliphatic rings. The summed E-state index contributed by atoms with van der Waals surface area (Å²) >= 11 is 0. The Morgan fingerprint density at radius 3 is 3.00 bits per heavy atom. The second kappa shape index (κ2) is 2.14. The molecule has 0 fully saturated rings. The van der Waals surface area contributed by atoms with Crippen molar-refractivity contribution < 1.29 is 4.42 Å². The number of rotatable bonds is 1. The van der Waals surface area contributed by atoms with Crippen molar-refractivity contribution in [2.45, 2.75) is 0 Å². The van der Waals surface area contributed by atoms with Crippen molar-refractivity contribution in [3.8, 4) is 6.07 Å². The number of furan rings is 1. The quantitative estimate of drug-likeness (QED) is 0.565. The van der Waals surface area contributed by atoms with Crippen molar-refractivity contribution in [3.63, 3.8) is 0 Å². The van der Waals surface area contributed by atoms with Crippen molar-refractivity contribution in [2.24, 2.45) is 0 Å². The van der Waals surface area contributed by atoms with E-state index in [0.717, 1.165) is 0 Å². The highest BCUT2D eigenvalue weighted by molar-refractivity contribution is 6.07. The average molecular weight is 120 g/mol. The van der Waals surface area contributed by atoms with Crippen molar-refractivity contribution in [1.82, 2.24) is 0 Å². The maximum absolute atomic E-state index is 8.17. The minimum Gasteiger partial charge on any atom is -0.462 e. The van der Waals surface area contributed by atoms with Crippen LogP contribution in [0.5, 0.6) is 0 Å². The van der Waals surface area contributed by atoms with Gasteiger partial charge in [-0.05, 0) is 12.1 Å². The summed E-state index contributed by atoms with van der Waals surface area (Å²) in [5.74, 6) is 0.317. The Labute approximate surface area is 52.0 Å². The lowest BCUT2D eigenvalue weighted by atomic mass is 10.3. The molecule has 1 heterocycles. The maximum atomic E-state index is 8.17. The summed E-state index contributed by atoms with van der Waals surface area (Å²) in [6.07, 6.45) is 1.43. The molecule has 1 aromatic rings. The van der Waals surface area contributed by atoms with Crippen LogP contribution in [-0.2, 0) is 0 Å². The fourth-order valence-corrected chi connectivity index (χ4v) is 0.476. The Morgan fingerprint density at radius 2 is 2.56 bits per heavy atom. The molecule has 9 heavy (non-hydrogen) atoms. The first-order valence-corrected chi connectivity index (χ1v) is 2.37. The van der Waals surface area contributed by atoms with Crippen molar-refractivity contribution >= 4 is 5.71 Å². The highest BCUT2D eigenvalue weighted by atomic mass is 16.3. The van der Waals surface area contributed by atoms with Crippen molar-refractivity contribution in [2.75, 3.05) is 0 Å². The van der Waals surface area contributed by atoms with Gasteiger partial charge in [0.1, 0.15) is 6.07 Å². The van der Waals surface area contributed by atoms with E-state index >= 15 is 0 Å². The predicted octanol–water partition coefficient (Wildman–Crippen LogP) is 1.17. The summed E-state index contributed by atoms with van der Waals surface area (Å²) in [6.45, 7) is 0. The topological polar surface area (TPSA) is 60.8 Å². The van der Waals surface area contributed by atoms with E-state index in [1.807, 2.05) is 0 Å². The molecule has 0 atom stereocenters. The summed E-state index contributed by atoms with van der Waals surface area (Å²) in [5.41, 5.74) is -0.139. The van der Waals surface area contributed by atoms with E-state index < -0.39 is 0 Å². The lowest BCUT2D eigenvalue weighted by molar-refractivity contribution is 0.558. The minimum atomic E-state index is -0.139. The Bertz CT molecular complexity index is 243. The average Bonchev–Trinajstić information content (AvgIpc) is 2.37. The van der Waals surface area contributed by atoms with Gasteiger partial charge in [-0.25, -0.2) is 0 Å². The molecule has 1 aromatic heterocycles. The van der Waals surface area contributed by atoms with Gasteiger partial charge in [0, 0.05) is 0 Å². The molecular formula is C6H4N2O. The number of nitriles is 1. The zero-order valence-corrected chi connectivity index (χ0v) is 4.59. The summed E-state index contributed by atoms with van der Waals surface area (Å²) in [4.78, 5) is 0. The van der Waals surface area contributed by atoms with E-state index in [-0.39, 0.29) is 5.71 Å². The van der Waals surface area contributed by atoms with E-state index in [0.29, 0.717) is 5.76 Å². The molecule has 0 aliphatic carbocycles. The summed E-state index contributed by atoms with van der Waals surface area (Å²) in [7, 11) is 0. The van der Waals surface area contributed by atoms with Gasteiger partial charge in [-0.3, -0.25) is 5.41 Å². The molecule has 0 saturated carbocycles. The van der Waals surface area contributed by atoms with Crippen LogP contribution < -0.4 is 0 Å². The highest BCUT2D eigenvalue weighted by Gasteiger charge is 1.99. The molecule has 0 amide bonds. The third-order valence-corrected chi connectivity index (χ3v) is 0.879. The van der Waals surface area contributed by atoms with Crippen LogP contribution in [-0.4, -0.2) is 5.71 Å². The molecular weight excluding hydrogens is 116 g/mol. The Hall–Kier alpha value is -1.56. The Kier molecular flexibility index (Phi) is 1.32. The number of hydrogen-bond acceptors (Lipinski definition) is 3. The van der Waals surface area contributed by atoms with Crippen LogP contribution in [0.2, 0.25) is 0 Å². The molecule has 0 saturated heterocycles. The molecule has 0 bridgehead atoms. The molecule has 0 aliphatic heterocycles. The largest absolute Gasteiger partial charge is 0.462 e. The van der Waals surface area contributed by atoms with Crippen molar-refractivity contribution in [3.05, 3.63) is 24.2 Å². The normalized spacial score (nSPS) is 8.33. The van der Waals surface area contributed by atoms with E-state index in [1.165, 1.54) is 6.26 Å². The monoisotopic (exact) mass is 120 g/mol. The maximum Gasteiger partial charge on any atom is 0.175 e. The van der Waals surface area contributed by atoms with Crippen LogP contribution in [0.15, 0.2) is 22.8 Å². The lowest BCUT2D eigenvalue weighted by Crippen LogP contribution is -1.89. The third-order valence-electron chi connectivity index (χ3n) is 0.879. The van der Waals surface area contributed by atoms with Gasteiger partial charge in [-0.1, -0.05) is 0 Å². The van der Waals surface area contributed by atoms with Crippen LogP contribution in [0, 0.1) is 16.7 Å². The van der Waals surface area contributed by atoms with Crippen LogP contribution in [0.1, 0.15) is 5.76 Å². The molecule has 0 spiro atoms. The van der Waals surface area contributed by atoms with Gasteiger partial charge in [-0.15, -0.1) is 0 Å². The van der Waals surface area contributed by atoms with Gasteiger partial charge in [0.2, 0.25) is 0 Å². The molecule has 0 radical (unpaired) electrons. The zero-order chi connectivity index (χ0) is 6.69. The third kappa shape index (κ3) is 0.970. The van der Waals surface area contributed by atoms with E-state index in [9.17, 15) is 0 Å². The van der Waals surface area contributed by atoms with Gasteiger partial charge in [0.25, 0.3) is 0 Å². The summed E-state index contributed by atoms with van der Waals surface area (Å²) < 4.78 is 4.74. The Morgan fingerprint density at radius 1 is 1.78 bits per heavy atom. The van der Waals surface area contributed by atoms with Crippen LogP contribution in [0.4, 0.5) is 0 Å². The second-order valence-corrected chi connectivity index (χ2v) is 1.46. The van der Waals surface area contributed by atoms with Gasteiger partial charge in [-0.2, -0.15) is 5.26 Å². The molecule has 3 heteroatoms. The summed E-state index contributed by atoms with van der Waals surface area (Å²) in [6, 6.07) is 4.87. The van der Waals surface area contributed by atoms with Crippen molar-refractivity contribution in [1.29, 1.82) is 10.7 Å². The first-order valence-electron chi connectivity index (χ1n) is 2.37. The molecule has 0 unspecified atom stereocenters. The lowest BCUT2D eigenvalue weighted by Gasteiger charge is -1.81. The second-order valence-electron chi connectivity index (χ2n) is 1.46. The molecule has 1 rings (SSSR count). The standard InChI is InChI=1S/C6H4N2O/c7-4-5(8)6-2-1-3-9-6/h1-3,8H. The number of nitrogens with one attached hydrogen (secondary N) is 1. The van der Waals surface area contributed by atoms with Gasteiger partial charge < -0.3 is 4.42 Å². The first kappa shape index (κ1) is 5.57.